The van der Waals surface area contributed by atoms with Crippen molar-refractivity contribution in [1.29, 1.82) is 0 Å². The van der Waals surface area contributed by atoms with Crippen molar-refractivity contribution < 1.29 is 4.79 Å². The molecule has 0 radical (unpaired) electrons. The van der Waals surface area contributed by atoms with Gasteiger partial charge in [0.1, 0.15) is 12.0 Å². The molecule has 7 nitrogen and oxygen atoms in total. The van der Waals surface area contributed by atoms with Gasteiger partial charge in [0.25, 0.3) is 5.91 Å². The standard InChI is InChI=1S/C13H14N6OS/c1-2-19(13-15-8-16-18-13)12(20)9-5-6-14-11(17-9)10-4-3-7-21-10/h3-8,13,18H,2H2,1H3,(H,15,16). The van der Waals surface area contributed by atoms with E-state index in [4.69, 9.17) is 0 Å². The number of hydrogen-bond donors (Lipinski definition) is 2. The second-order valence-electron chi connectivity index (χ2n) is 4.27. The average Bonchev–Trinajstić information content (AvgIpc) is 3.22. The van der Waals surface area contributed by atoms with Crippen LogP contribution in [0.5, 0.6) is 0 Å². The molecular formula is C13H14N6OS. The van der Waals surface area contributed by atoms with Gasteiger partial charge in [-0.2, -0.15) is 5.43 Å². The van der Waals surface area contributed by atoms with Gasteiger partial charge >= 0.3 is 0 Å². The minimum Gasteiger partial charge on any atom is -0.309 e. The largest absolute Gasteiger partial charge is 0.309 e. The van der Waals surface area contributed by atoms with E-state index in [-0.39, 0.29) is 5.91 Å². The van der Waals surface area contributed by atoms with Crippen LogP contribution in [-0.2, 0) is 0 Å². The van der Waals surface area contributed by atoms with Crippen molar-refractivity contribution >= 4 is 23.6 Å². The van der Waals surface area contributed by atoms with Crippen LogP contribution in [0.1, 0.15) is 17.4 Å². The van der Waals surface area contributed by atoms with Crippen LogP contribution in [0, 0.1) is 0 Å². The van der Waals surface area contributed by atoms with Crippen molar-refractivity contribution in [2.75, 3.05) is 6.54 Å². The van der Waals surface area contributed by atoms with Gasteiger partial charge in [-0.25, -0.2) is 15.0 Å². The summed E-state index contributed by atoms with van der Waals surface area (Å²) >= 11 is 1.54. The van der Waals surface area contributed by atoms with Crippen molar-refractivity contribution in [3.8, 4) is 10.7 Å². The smallest absolute Gasteiger partial charge is 0.275 e. The first-order chi connectivity index (χ1) is 10.3. The summed E-state index contributed by atoms with van der Waals surface area (Å²) in [6, 6.07) is 5.48. The highest BCUT2D eigenvalue weighted by atomic mass is 32.1. The zero-order chi connectivity index (χ0) is 14.7. The maximum Gasteiger partial charge on any atom is 0.275 e. The Kier molecular flexibility index (Phi) is 3.89. The van der Waals surface area contributed by atoms with Crippen LogP contribution in [-0.4, -0.2) is 39.9 Å². The fourth-order valence-corrected chi connectivity index (χ4v) is 2.66. The second kappa shape index (κ2) is 5.98. The predicted octanol–water partition coefficient (Wildman–Crippen LogP) is 1.09. The second-order valence-corrected chi connectivity index (χ2v) is 5.22. The molecule has 2 aromatic rings. The molecule has 1 unspecified atom stereocenters. The molecule has 0 fully saturated rings. The summed E-state index contributed by atoms with van der Waals surface area (Å²) in [5.74, 6) is 0.379. The lowest BCUT2D eigenvalue weighted by atomic mass is 10.3. The molecule has 21 heavy (non-hydrogen) atoms. The van der Waals surface area contributed by atoms with Gasteiger partial charge in [-0.1, -0.05) is 6.07 Å². The first-order valence-electron chi connectivity index (χ1n) is 6.50. The van der Waals surface area contributed by atoms with E-state index in [9.17, 15) is 4.79 Å². The highest BCUT2D eigenvalue weighted by molar-refractivity contribution is 7.13. The molecule has 2 N–H and O–H groups in total. The maximum atomic E-state index is 12.6. The number of carbonyl (C=O) groups excluding carboxylic acids is 1. The fraction of sp³-hybridized carbons (Fsp3) is 0.231. The molecule has 0 bridgehead atoms. The van der Waals surface area contributed by atoms with Crippen LogP contribution >= 0.6 is 11.3 Å². The van der Waals surface area contributed by atoms with Crippen molar-refractivity contribution in [2.45, 2.75) is 13.2 Å². The molecule has 2 aromatic heterocycles. The lowest BCUT2D eigenvalue weighted by Crippen LogP contribution is -2.48. The summed E-state index contributed by atoms with van der Waals surface area (Å²) in [4.78, 5) is 27.8. The monoisotopic (exact) mass is 302 g/mol. The van der Waals surface area contributed by atoms with Crippen LogP contribution in [0.15, 0.2) is 34.8 Å². The summed E-state index contributed by atoms with van der Waals surface area (Å²) in [5.41, 5.74) is 6.01. The molecule has 8 heteroatoms. The molecule has 1 atom stereocenters. The fourth-order valence-electron chi connectivity index (χ4n) is 1.99. The normalized spacial score (nSPS) is 16.7. The molecule has 3 rings (SSSR count). The van der Waals surface area contributed by atoms with Crippen molar-refractivity contribution in [3.63, 3.8) is 0 Å². The number of thiophene rings is 1. The molecule has 0 saturated carbocycles. The number of aliphatic imine (C=N–C) groups is 1. The zero-order valence-corrected chi connectivity index (χ0v) is 12.2. The lowest BCUT2D eigenvalue weighted by Gasteiger charge is -2.24. The van der Waals surface area contributed by atoms with E-state index in [2.05, 4.69) is 25.8 Å². The zero-order valence-electron chi connectivity index (χ0n) is 11.4. The molecule has 3 heterocycles. The van der Waals surface area contributed by atoms with Gasteiger partial charge in [0, 0.05) is 12.7 Å². The van der Waals surface area contributed by atoms with E-state index < -0.39 is 6.29 Å². The van der Waals surface area contributed by atoms with E-state index in [0.717, 1.165) is 4.88 Å². The SMILES string of the molecule is CCN(C(=O)c1ccnc(-c2cccs2)n1)C1N=CNN1. The van der Waals surface area contributed by atoms with Gasteiger partial charge in [0.2, 0.25) is 0 Å². The number of rotatable bonds is 4. The number of carbonyl (C=O) groups is 1. The summed E-state index contributed by atoms with van der Waals surface area (Å²) in [6.45, 7) is 2.42. The van der Waals surface area contributed by atoms with Crippen LogP contribution in [0.3, 0.4) is 0 Å². The van der Waals surface area contributed by atoms with Gasteiger partial charge < -0.3 is 10.3 Å². The Morgan fingerprint density at radius 2 is 2.38 bits per heavy atom. The third-order valence-corrected chi connectivity index (χ3v) is 3.87. The summed E-state index contributed by atoms with van der Waals surface area (Å²) in [5, 5.41) is 1.95. The minimum atomic E-state index is -0.414. The van der Waals surface area contributed by atoms with E-state index in [1.165, 1.54) is 6.34 Å². The first-order valence-corrected chi connectivity index (χ1v) is 7.38. The first kappa shape index (κ1) is 13.7. The third kappa shape index (κ3) is 2.76. The molecule has 0 spiro atoms. The third-order valence-electron chi connectivity index (χ3n) is 3.01. The number of hydrazine groups is 1. The van der Waals surface area contributed by atoms with Gasteiger partial charge in [-0.15, -0.1) is 11.3 Å². The Bertz CT molecular complexity index is 656. The van der Waals surface area contributed by atoms with Gasteiger partial charge in [-0.3, -0.25) is 4.79 Å². The number of aromatic nitrogens is 2. The van der Waals surface area contributed by atoms with Crippen LogP contribution in [0.25, 0.3) is 10.7 Å². The Balaban J connectivity index is 1.87. The van der Waals surface area contributed by atoms with Crippen LogP contribution in [0.4, 0.5) is 0 Å². The van der Waals surface area contributed by atoms with E-state index in [1.807, 2.05) is 24.4 Å². The van der Waals surface area contributed by atoms with E-state index >= 15 is 0 Å². The summed E-state index contributed by atoms with van der Waals surface area (Å²) < 4.78 is 0. The van der Waals surface area contributed by atoms with Gasteiger partial charge in [0.05, 0.1) is 4.88 Å². The molecular weight excluding hydrogens is 288 g/mol. The number of amides is 1. The van der Waals surface area contributed by atoms with E-state index in [0.29, 0.717) is 18.1 Å². The predicted molar refractivity (Wildman–Crippen MR) is 80.6 cm³/mol. The molecule has 0 aromatic carbocycles. The maximum absolute atomic E-state index is 12.6. The van der Waals surface area contributed by atoms with Crippen molar-refractivity contribution in [3.05, 3.63) is 35.5 Å². The summed E-state index contributed by atoms with van der Waals surface area (Å²) in [6.07, 6.45) is 2.72. The minimum absolute atomic E-state index is 0.184. The van der Waals surface area contributed by atoms with Gasteiger partial charge in [0.15, 0.2) is 12.1 Å². The Hall–Kier alpha value is -2.32. The number of nitrogens with zero attached hydrogens (tertiary/aromatic N) is 4. The van der Waals surface area contributed by atoms with Crippen LogP contribution in [0.2, 0.25) is 0 Å². The number of hydrogen-bond acceptors (Lipinski definition) is 7. The quantitative estimate of drug-likeness (QED) is 0.883. The molecule has 1 aliphatic heterocycles. The van der Waals surface area contributed by atoms with E-state index in [1.54, 1.807) is 28.5 Å². The topological polar surface area (TPSA) is 82.5 Å². The molecule has 0 aliphatic carbocycles. The summed E-state index contributed by atoms with van der Waals surface area (Å²) in [7, 11) is 0. The lowest BCUT2D eigenvalue weighted by molar-refractivity contribution is 0.0661. The van der Waals surface area contributed by atoms with Gasteiger partial charge in [-0.05, 0) is 24.4 Å². The highest BCUT2D eigenvalue weighted by Crippen LogP contribution is 2.21. The Morgan fingerprint density at radius 1 is 1.48 bits per heavy atom. The Labute approximate surface area is 125 Å². The molecule has 108 valence electrons. The molecule has 1 amide bonds. The highest BCUT2D eigenvalue weighted by Gasteiger charge is 2.25. The Morgan fingerprint density at radius 3 is 3.05 bits per heavy atom. The molecule has 1 aliphatic rings. The van der Waals surface area contributed by atoms with Crippen molar-refractivity contribution in [2.24, 2.45) is 4.99 Å². The number of nitrogens with one attached hydrogen (secondary N) is 2. The average molecular weight is 302 g/mol. The van der Waals surface area contributed by atoms with Crippen LogP contribution < -0.4 is 10.9 Å². The molecule has 0 saturated heterocycles. The van der Waals surface area contributed by atoms with Crippen molar-refractivity contribution in [1.82, 2.24) is 25.7 Å².